The maximum Gasteiger partial charge on any atom is 0.0323 e. The molecule has 1 N–H and O–H groups in total. The molecular weight excluding hydrogens is 345 g/mol. The van der Waals surface area contributed by atoms with E-state index in [1.165, 1.54) is 41.2 Å². The fourth-order valence-electron chi connectivity index (χ4n) is 4.27. The lowest BCUT2D eigenvalue weighted by Gasteiger charge is -2.27. The molecule has 0 amide bonds. The maximum atomic E-state index is 3.71. The predicted octanol–water partition coefficient (Wildman–Crippen LogP) is 4.77. The van der Waals surface area contributed by atoms with Crippen molar-refractivity contribution in [3.63, 3.8) is 0 Å². The second-order valence-corrected chi connectivity index (χ2v) is 7.58. The van der Waals surface area contributed by atoms with E-state index < -0.39 is 0 Å². The van der Waals surface area contributed by atoms with Gasteiger partial charge < -0.3 is 5.32 Å². The van der Waals surface area contributed by atoms with Crippen molar-refractivity contribution < 1.29 is 0 Å². The smallest absolute Gasteiger partial charge is 0.0323 e. The number of rotatable bonds is 5. The van der Waals surface area contributed by atoms with Crippen LogP contribution in [0.5, 0.6) is 0 Å². The Morgan fingerprint density at radius 3 is 2.84 bits per heavy atom. The number of benzene rings is 1. The number of nitrogens with one attached hydrogen (secondary N) is 1. The van der Waals surface area contributed by atoms with Crippen LogP contribution in [-0.4, -0.2) is 6.54 Å². The van der Waals surface area contributed by atoms with Crippen LogP contribution in [-0.2, 0) is 0 Å². The molecular formula is C17H24IN. The van der Waals surface area contributed by atoms with Crippen molar-refractivity contribution in [2.75, 3.05) is 6.54 Å². The largest absolute Gasteiger partial charge is 0.310 e. The molecule has 0 radical (unpaired) electrons. The number of fused-ring (bicyclic) bond motifs is 2. The summed E-state index contributed by atoms with van der Waals surface area (Å²) in [4.78, 5) is 0. The molecule has 4 unspecified atom stereocenters. The van der Waals surface area contributed by atoms with E-state index in [-0.39, 0.29) is 0 Å². The van der Waals surface area contributed by atoms with Crippen molar-refractivity contribution in [1.29, 1.82) is 0 Å². The predicted molar refractivity (Wildman–Crippen MR) is 89.1 cm³/mol. The summed E-state index contributed by atoms with van der Waals surface area (Å²) in [6, 6.07) is 9.58. The number of hydrogen-bond acceptors (Lipinski definition) is 1. The third-order valence-electron chi connectivity index (χ3n) is 5.12. The lowest BCUT2D eigenvalue weighted by Crippen LogP contribution is -2.25. The van der Waals surface area contributed by atoms with Gasteiger partial charge >= 0.3 is 0 Å². The zero-order valence-corrected chi connectivity index (χ0v) is 13.9. The SMILES string of the molecule is CCNC(CC1CC2CCC1C2)c1cccc(I)c1. The van der Waals surface area contributed by atoms with Gasteiger partial charge in [-0.2, -0.15) is 0 Å². The highest BCUT2D eigenvalue weighted by Gasteiger charge is 2.40. The van der Waals surface area contributed by atoms with E-state index in [0.29, 0.717) is 6.04 Å². The van der Waals surface area contributed by atoms with Gasteiger partial charge in [0.1, 0.15) is 0 Å². The summed E-state index contributed by atoms with van der Waals surface area (Å²) in [5.41, 5.74) is 1.48. The highest BCUT2D eigenvalue weighted by molar-refractivity contribution is 14.1. The van der Waals surface area contributed by atoms with Gasteiger partial charge in [0.2, 0.25) is 0 Å². The Balaban J connectivity index is 1.70. The first-order chi connectivity index (χ1) is 9.26. The Hall–Kier alpha value is -0.0900. The van der Waals surface area contributed by atoms with Crippen LogP contribution in [0.4, 0.5) is 0 Å². The van der Waals surface area contributed by atoms with E-state index in [4.69, 9.17) is 0 Å². The molecule has 4 atom stereocenters. The molecule has 0 aromatic heterocycles. The van der Waals surface area contributed by atoms with E-state index in [1.54, 1.807) is 0 Å². The standard InChI is InChI=1S/C17H24IN/c1-2-19-17(14-4-3-5-16(18)10-14)11-15-9-12-6-7-13(15)8-12/h3-5,10,12-13,15,17,19H,2,6-9,11H2,1H3. The van der Waals surface area contributed by atoms with Crippen LogP contribution in [0.1, 0.15) is 50.6 Å². The lowest BCUT2D eigenvalue weighted by molar-refractivity contribution is 0.280. The average molecular weight is 369 g/mol. The van der Waals surface area contributed by atoms with Gasteiger partial charge in [0.05, 0.1) is 0 Å². The highest BCUT2D eigenvalue weighted by atomic mass is 127. The molecule has 0 spiro atoms. The molecule has 19 heavy (non-hydrogen) atoms. The van der Waals surface area contributed by atoms with E-state index in [1.807, 2.05) is 0 Å². The summed E-state index contributed by atoms with van der Waals surface area (Å²) < 4.78 is 1.35. The molecule has 2 aliphatic carbocycles. The molecule has 2 saturated carbocycles. The average Bonchev–Trinajstić information content (AvgIpc) is 3.00. The van der Waals surface area contributed by atoms with Crippen LogP contribution < -0.4 is 5.32 Å². The van der Waals surface area contributed by atoms with Gasteiger partial charge in [-0.25, -0.2) is 0 Å². The van der Waals surface area contributed by atoms with Gasteiger partial charge in [-0.05, 0) is 90.3 Å². The second-order valence-electron chi connectivity index (χ2n) is 6.34. The summed E-state index contributed by atoms with van der Waals surface area (Å²) in [6.45, 7) is 3.29. The van der Waals surface area contributed by atoms with Crippen LogP contribution >= 0.6 is 22.6 Å². The third kappa shape index (κ3) is 3.15. The molecule has 104 valence electrons. The van der Waals surface area contributed by atoms with E-state index in [9.17, 15) is 0 Å². The van der Waals surface area contributed by atoms with Crippen molar-refractivity contribution in [3.05, 3.63) is 33.4 Å². The van der Waals surface area contributed by atoms with Crippen LogP contribution in [0.2, 0.25) is 0 Å². The fraction of sp³-hybridized carbons (Fsp3) is 0.647. The molecule has 0 aliphatic heterocycles. The van der Waals surface area contributed by atoms with Gasteiger partial charge in [0.25, 0.3) is 0 Å². The minimum atomic E-state index is 0.559. The molecule has 2 heteroatoms. The molecule has 1 aromatic rings. The van der Waals surface area contributed by atoms with Crippen molar-refractivity contribution in [2.24, 2.45) is 17.8 Å². The molecule has 0 saturated heterocycles. The third-order valence-corrected chi connectivity index (χ3v) is 5.80. The molecule has 3 rings (SSSR count). The summed E-state index contributed by atoms with van der Waals surface area (Å²) in [5, 5.41) is 3.71. The van der Waals surface area contributed by atoms with Crippen molar-refractivity contribution >= 4 is 22.6 Å². The van der Waals surface area contributed by atoms with Gasteiger partial charge in [-0.1, -0.05) is 25.5 Å². The second kappa shape index (κ2) is 6.13. The lowest BCUT2D eigenvalue weighted by atomic mass is 9.83. The first-order valence-corrected chi connectivity index (χ1v) is 8.83. The van der Waals surface area contributed by atoms with Gasteiger partial charge in [0, 0.05) is 9.61 Å². The normalized spacial score (nSPS) is 30.7. The van der Waals surface area contributed by atoms with Crippen molar-refractivity contribution in [2.45, 2.75) is 45.1 Å². The monoisotopic (exact) mass is 369 g/mol. The summed E-state index contributed by atoms with van der Waals surface area (Å²) in [5.74, 6) is 3.07. The van der Waals surface area contributed by atoms with Crippen molar-refractivity contribution in [1.82, 2.24) is 5.32 Å². The van der Waals surface area contributed by atoms with E-state index in [2.05, 4.69) is 59.1 Å². The molecule has 2 fully saturated rings. The van der Waals surface area contributed by atoms with Gasteiger partial charge in [0.15, 0.2) is 0 Å². The molecule has 1 nitrogen and oxygen atoms in total. The molecule has 2 aliphatic rings. The fourth-order valence-corrected chi connectivity index (χ4v) is 4.84. The molecule has 2 bridgehead atoms. The van der Waals surface area contributed by atoms with E-state index >= 15 is 0 Å². The summed E-state index contributed by atoms with van der Waals surface area (Å²) >= 11 is 2.42. The number of halogens is 1. The van der Waals surface area contributed by atoms with Crippen LogP contribution in [0.25, 0.3) is 0 Å². The van der Waals surface area contributed by atoms with Gasteiger partial charge in [-0.15, -0.1) is 0 Å². The maximum absolute atomic E-state index is 3.71. The zero-order valence-electron chi connectivity index (χ0n) is 11.7. The topological polar surface area (TPSA) is 12.0 Å². The highest BCUT2D eigenvalue weighted by Crippen LogP contribution is 2.50. The number of hydrogen-bond donors (Lipinski definition) is 1. The molecule has 1 aromatic carbocycles. The minimum Gasteiger partial charge on any atom is -0.310 e. The summed E-state index contributed by atoms with van der Waals surface area (Å²) in [6.07, 6.45) is 7.37. The Morgan fingerprint density at radius 1 is 1.32 bits per heavy atom. The Morgan fingerprint density at radius 2 is 2.21 bits per heavy atom. The molecule has 0 heterocycles. The first-order valence-electron chi connectivity index (χ1n) is 7.75. The van der Waals surface area contributed by atoms with Gasteiger partial charge in [-0.3, -0.25) is 0 Å². The van der Waals surface area contributed by atoms with Crippen LogP contribution in [0, 0.1) is 21.3 Å². The summed E-state index contributed by atoms with van der Waals surface area (Å²) in [7, 11) is 0. The Bertz CT molecular complexity index is 431. The quantitative estimate of drug-likeness (QED) is 0.738. The Kier molecular flexibility index (Phi) is 4.47. The minimum absolute atomic E-state index is 0.559. The first kappa shape index (κ1) is 13.9. The van der Waals surface area contributed by atoms with Crippen molar-refractivity contribution in [3.8, 4) is 0 Å². The van der Waals surface area contributed by atoms with Crippen LogP contribution in [0.15, 0.2) is 24.3 Å². The Labute approximate surface area is 130 Å². The zero-order chi connectivity index (χ0) is 13.2. The van der Waals surface area contributed by atoms with Crippen LogP contribution in [0.3, 0.4) is 0 Å². The van der Waals surface area contributed by atoms with E-state index in [0.717, 1.165) is 24.3 Å².